The Morgan fingerprint density at radius 1 is 0.958 bits per heavy atom. The molecule has 1 aliphatic heterocycles. The highest BCUT2D eigenvalue weighted by Crippen LogP contribution is 2.18. The molecule has 1 saturated heterocycles. The number of halogens is 3. The summed E-state index contributed by atoms with van der Waals surface area (Å²) in [6.07, 6.45) is 0. The number of carbonyl (C=O) groups excluding carboxylic acids is 1. The molecular weight excluding hydrogens is 335 g/mol. The van der Waals surface area contributed by atoms with Crippen LogP contribution in [-0.2, 0) is 6.54 Å². The Labute approximate surface area is 142 Å². The van der Waals surface area contributed by atoms with Crippen LogP contribution in [-0.4, -0.2) is 35.3 Å². The summed E-state index contributed by atoms with van der Waals surface area (Å²) in [6, 6.07) is 8.39. The molecule has 1 fully saturated rings. The lowest BCUT2D eigenvalue weighted by Gasteiger charge is -2.26. The molecule has 0 spiro atoms. The fourth-order valence-electron chi connectivity index (χ4n) is 2.63. The van der Waals surface area contributed by atoms with Gasteiger partial charge in [0.1, 0.15) is 0 Å². The minimum atomic E-state index is -1.57. The molecule has 6 heteroatoms. The van der Waals surface area contributed by atoms with Crippen LogP contribution in [0.1, 0.15) is 21.5 Å². The molecule has 0 atom stereocenters. The van der Waals surface area contributed by atoms with Crippen molar-refractivity contribution in [3.63, 3.8) is 0 Å². The first-order valence-electron chi connectivity index (χ1n) is 7.63. The maximum absolute atomic E-state index is 13.3. The van der Waals surface area contributed by atoms with E-state index in [4.69, 9.17) is 0 Å². The van der Waals surface area contributed by atoms with Crippen molar-refractivity contribution in [1.82, 2.24) is 4.90 Å². The summed E-state index contributed by atoms with van der Waals surface area (Å²) >= 11 is 1.94. The summed E-state index contributed by atoms with van der Waals surface area (Å²) in [7, 11) is 0. The van der Waals surface area contributed by atoms with Crippen LogP contribution in [0.4, 0.5) is 13.2 Å². The second kappa shape index (κ2) is 7.40. The smallest absolute Gasteiger partial charge is 0.194 e. The third-order valence-corrected chi connectivity index (χ3v) is 4.91. The summed E-state index contributed by atoms with van der Waals surface area (Å²) in [4.78, 5) is 14.6. The van der Waals surface area contributed by atoms with E-state index in [2.05, 4.69) is 4.90 Å². The Morgan fingerprint density at radius 2 is 1.54 bits per heavy atom. The van der Waals surface area contributed by atoms with Gasteiger partial charge < -0.3 is 0 Å². The molecular formula is C18H16F3NOS. The topological polar surface area (TPSA) is 20.3 Å². The van der Waals surface area contributed by atoms with Crippen molar-refractivity contribution in [3.05, 3.63) is 70.5 Å². The zero-order valence-corrected chi connectivity index (χ0v) is 13.7. The summed E-state index contributed by atoms with van der Waals surface area (Å²) in [5.74, 6) is -2.58. The molecule has 2 aromatic rings. The number of carbonyl (C=O) groups is 1. The van der Waals surface area contributed by atoms with E-state index in [9.17, 15) is 18.0 Å². The van der Waals surface area contributed by atoms with Crippen LogP contribution < -0.4 is 0 Å². The molecule has 1 heterocycles. The van der Waals surface area contributed by atoms with Gasteiger partial charge in [0.05, 0.1) is 0 Å². The van der Waals surface area contributed by atoms with Crippen molar-refractivity contribution in [1.29, 1.82) is 0 Å². The van der Waals surface area contributed by atoms with E-state index in [1.54, 1.807) is 12.1 Å². The third-order valence-electron chi connectivity index (χ3n) is 3.97. The van der Waals surface area contributed by atoms with Crippen molar-refractivity contribution in [3.8, 4) is 0 Å². The average molecular weight is 351 g/mol. The molecule has 2 nitrogen and oxygen atoms in total. The molecule has 0 aromatic heterocycles. The molecule has 126 valence electrons. The van der Waals surface area contributed by atoms with Gasteiger partial charge in [-0.3, -0.25) is 9.69 Å². The van der Waals surface area contributed by atoms with Gasteiger partial charge in [-0.05, 0) is 17.7 Å². The van der Waals surface area contributed by atoms with Gasteiger partial charge in [-0.1, -0.05) is 24.3 Å². The van der Waals surface area contributed by atoms with Gasteiger partial charge in [0.25, 0.3) is 0 Å². The predicted molar refractivity (Wildman–Crippen MR) is 88.8 cm³/mol. The molecule has 3 rings (SSSR count). The highest BCUT2D eigenvalue weighted by Gasteiger charge is 2.17. The van der Waals surface area contributed by atoms with E-state index in [1.807, 2.05) is 23.9 Å². The van der Waals surface area contributed by atoms with Crippen LogP contribution in [0.3, 0.4) is 0 Å². The number of hydrogen-bond donors (Lipinski definition) is 0. The number of hydrogen-bond acceptors (Lipinski definition) is 3. The maximum atomic E-state index is 13.3. The van der Waals surface area contributed by atoms with Crippen molar-refractivity contribution >= 4 is 17.5 Å². The predicted octanol–water partition coefficient (Wildman–Crippen LogP) is 3.88. The second-order valence-electron chi connectivity index (χ2n) is 5.67. The molecule has 0 unspecified atom stereocenters. The summed E-state index contributed by atoms with van der Waals surface area (Å²) in [5.41, 5.74) is 1.19. The van der Waals surface area contributed by atoms with Crippen LogP contribution in [0.15, 0.2) is 36.4 Å². The number of benzene rings is 2. The van der Waals surface area contributed by atoms with E-state index >= 15 is 0 Å². The van der Waals surface area contributed by atoms with E-state index in [-0.39, 0.29) is 5.56 Å². The van der Waals surface area contributed by atoms with E-state index in [0.29, 0.717) is 5.56 Å². The standard InChI is InChI=1S/C18H16F3NOS/c19-15-9-14(10-16(20)17(15)21)18(23)13-3-1-12(2-4-13)11-22-5-7-24-8-6-22/h1-4,9-10H,5-8,11H2. The fourth-order valence-corrected chi connectivity index (χ4v) is 3.61. The molecule has 2 aromatic carbocycles. The molecule has 0 aliphatic carbocycles. The highest BCUT2D eigenvalue weighted by atomic mass is 32.2. The number of rotatable bonds is 4. The minimum absolute atomic E-state index is 0.202. The lowest BCUT2D eigenvalue weighted by Crippen LogP contribution is -2.31. The Balaban J connectivity index is 1.74. The Bertz CT molecular complexity index is 719. The Morgan fingerprint density at radius 3 is 2.12 bits per heavy atom. The molecule has 0 amide bonds. The molecule has 0 N–H and O–H groups in total. The van der Waals surface area contributed by atoms with Crippen LogP contribution in [0.25, 0.3) is 0 Å². The first-order valence-corrected chi connectivity index (χ1v) is 8.78. The van der Waals surface area contributed by atoms with Gasteiger partial charge in [-0.2, -0.15) is 11.8 Å². The number of nitrogens with zero attached hydrogens (tertiary/aromatic N) is 1. The maximum Gasteiger partial charge on any atom is 0.194 e. The quantitative estimate of drug-likeness (QED) is 0.616. The summed E-state index contributed by atoms with van der Waals surface area (Å²) < 4.78 is 39.5. The zero-order chi connectivity index (χ0) is 17.1. The van der Waals surface area contributed by atoms with Crippen molar-refractivity contribution in [2.45, 2.75) is 6.54 Å². The van der Waals surface area contributed by atoms with Gasteiger partial charge in [-0.15, -0.1) is 0 Å². The van der Waals surface area contributed by atoms with E-state index < -0.39 is 23.2 Å². The molecule has 1 aliphatic rings. The summed E-state index contributed by atoms with van der Waals surface area (Å²) in [5, 5.41) is 0. The third kappa shape index (κ3) is 3.82. The molecule has 0 radical (unpaired) electrons. The van der Waals surface area contributed by atoms with E-state index in [1.165, 1.54) is 0 Å². The normalized spacial score (nSPS) is 15.5. The van der Waals surface area contributed by atoms with Crippen LogP contribution in [0, 0.1) is 17.5 Å². The SMILES string of the molecule is O=C(c1ccc(CN2CCSCC2)cc1)c1cc(F)c(F)c(F)c1. The Kier molecular flexibility index (Phi) is 5.26. The van der Waals surface area contributed by atoms with Crippen molar-refractivity contribution in [2.75, 3.05) is 24.6 Å². The molecule has 0 bridgehead atoms. The van der Waals surface area contributed by atoms with Gasteiger partial charge >= 0.3 is 0 Å². The molecule has 24 heavy (non-hydrogen) atoms. The molecule has 0 saturated carbocycles. The Hall–Kier alpha value is -1.79. The van der Waals surface area contributed by atoms with Crippen molar-refractivity contribution < 1.29 is 18.0 Å². The first-order chi connectivity index (χ1) is 11.5. The van der Waals surface area contributed by atoms with Crippen LogP contribution in [0.5, 0.6) is 0 Å². The van der Waals surface area contributed by atoms with E-state index in [0.717, 1.165) is 48.8 Å². The lowest BCUT2D eigenvalue weighted by atomic mass is 10.0. The number of ketones is 1. The van der Waals surface area contributed by atoms with Gasteiger partial charge in [0.15, 0.2) is 23.2 Å². The zero-order valence-electron chi connectivity index (χ0n) is 12.9. The van der Waals surface area contributed by atoms with Gasteiger partial charge in [0, 0.05) is 42.3 Å². The van der Waals surface area contributed by atoms with Gasteiger partial charge in [0.2, 0.25) is 0 Å². The summed E-state index contributed by atoms with van der Waals surface area (Å²) in [6.45, 7) is 2.90. The second-order valence-corrected chi connectivity index (χ2v) is 6.89. The van der Waals surface area contributed by atoms with Gasteiger partial charge in [-0.25, -0.2) is 13.2 Å². The fraction of sp³-hybridized carbons (Fsp3) is 0.278. The monoisotopic (exact) mass is 351 g/mol. The number of thioether (sulfide) groups is 1. The largest absolute Gasteiger partial charge is 0.297 e. The highest BCUT2D eigenvalue weighted by molar-refractivity contribution is 7.99. The van der Waals surface area contributed by atoms with Crippen LogP contribution in [0.2, 0.25) is 0 Å². The minimum Gasteiger partial charge on any atom is -0.297 e. The van der Waals surface area contributed by atoms with Crippen molar-refractivity contribution in [2.24, 2.45) is 0 Å². The van der Waals surface area contributed by atoms with Crippen LogP contribution >= 0.6 is 11.8 Å². The first kappa shape index (κ1) is 17.0. The average Bonchev–Trinajstić information content (AvgIpc) is 2.60. The lowest BCUT2D eigenvalue weighted by molar-refractivity contribution is 0.103.